The van der Waals surface area contributed by atoms with Crippen LogP contribution in [0.25, 0.3) is 0 Å². The van der Waals surface area contributed by atoms with Gasteiger partial charge in [0.15, 0.2) is 0 Å². The van der Waals surface area contributed by atoms with Crippen molar-refractivity contribution < 1.29 is 0 Å². The minimum atomic E-state index is -0.0530. The molecule has 1 aromatic heterocycles. The van der Waals surface area contributed by atoms with Gasteiger partial charge in [0.25, 0.3) is 5.56 Å². The summed E-state index contributed by atoms with van der Waals surface area (Å²) < 4.78 is 1.74. The van der Waals surface area contributed by atoms with E-state index in [4.69, 9.17) is 11.6 Å². The highest BCUT2D eigenvalue weighted by molar-refractivity contribution is 6.33. The number of aromatic nitrogens is 1. The van der Waals surface area contributed by atoms with Crippen LogP contribution in [0.4, 0.5) is 5.69 Å². The normalized spacial score (nSPS) is 24.9. The number of hydrogen-bond acceptors (Lipinski definition) is 2. The Kier molecular flexibility index (Phi) is 4.13. The zero-order valence-corrected chi connectivity index (χ0v) is 14.7. The van der Waals surface area contributed by atoms with Crippen LogP contribution in [-0.4, -0.2) is 17.7 Å². The lowest BCUT2D eigenvalue weighted by Crippen LogP contribution is -2.28. The Bertz CT molecular complexity index is 774. The molecule has 1 saturated heterocycles. The molecule has 0 N–H and O–H groups in total. The number of fused-ring (bicyclic) bond motifs is 1. The second-order valence-corrected chi connectivity index (χ2v) is 7.41. The average molecular weight is 343 g/mol. The van der Waals surface area contributed by atoms with Gasteiger partial charge in [0.1, 0.15) is 5.02 Å². The Labute approximate surface area is 147 Å². The summed E-state index contributed by atoms with van der Waals surface area (Å²) in [4.78, 5) is 14.7. The Balaban J connectivity index is 1.48. The Morgan fingerprint density at radius 3 is 2.50 bits per heavy atom. The second kappa shape index (κ2) is 6.29. The molecule has 2 aliphatic rings. The summed E-state index contributed by atoms with van der Waals surface area (Å²) in [6.07, 6.45) is 3.97. The zero-order chi connectivity index (χ0) is 16.7. The van der Waals surface area contributed by atoms with Crippen molar-refractivity contribution in [1.29, 1.82) is 0 Å². The molecule has 4 heteroatoms. The molecule has 0 radical (unpaired) electrons. The van der Waals surface area contributed by atoms with Gasteiger partial charge in [-0.2, -0.15) is 0 Å². The van der Waals surface area contributed by atoms with Crippen molar-refractivity contribution in [2.75, 3.05) is 18.0 Å². The maximum absolute atomic E-state index is 12.4. The van der Waals surface area contributed by atoms with Gasteiger partial charge in [-0.3, -0.25) is 4.79 Å². The van der Waals surface area contributed by atoms with Gasteiger partial charge in [0.05, 0.1) is 5.69 Å². The van der Waals surface area contributed by atoms with E-state index in [1.807, 2.05) is 12.3 Å². The van der Waals surface area contributed by atoms with Gasteiger partial charge in [-0.15, -0.1) is 0 Å². The van der Waals surface area contributed by atoms with Crippen molar-refractivity contribution in [3.63, 3.8) is 0 Å². The van der Waals surface area contributed by atoms with E-state index >= 15 is 0 Å². The molecule has 2 heterocycles. The molecule has 4 rings (SSSR count). The van der Waals surface area contributed by atoms with E-state index in [0.29, 0.717) is 22.8 Å². The average Bonchev–Trinajstić information content (AvgIpc) is 3.11. The summed E-state index contributed by atoms with van der Waals surface area (Å²) >= 11 is 6.40. The Morgan fingerprint density at radius 2 is 1.83 bits per heavy atom. The molecule has 1 saturated carbocycles. The number of piperidine rings is 1. The van der Waals surface area contributed by atoms with Crippen LogP contribution in [0.3, 0.4) is 0 Å². The molecule has 0 bridgehead atoms. The van der Waals surface area contributed by atoms with Crippen LogP contribution < -0.4 is 10.5 Å². The van der Waals surface area contributed by atoms with Crippen molar-refractivity contribution in [1.82, 2.24) is 4.57 Å². The predicted octanol–water partition coefficient (Wildman–Crippen LogP) is 4.15. The van der Waals surface area contributed by atoms with E-state index in [0.717, 1.165) is 38.2 Å². The third-order valence-corrected chi connectivity index (χ3v) is 5.91. The summed E-state index contributed by atoms with van der Waals surface area (Å²) in [6.45, 7) is 4.88. The summed E-state index contributed by atoms with van der Waals surface area (Å²) in [6, 6.07) is 12.8. The molecule has 2 fully saturated rings. The molecular formula is C20H23ClN2O. The minimum absolute atomic E-state index is 0.0530. The minimum Gasteiger partial charge on any atom is -0.369 e. The van der Waals surface area contributed by atoms with Crippen molar-refractivity contribution >= 4 is 17.3 Å². The van der Waals surface area contributed by atoms with Gasteiger partial charge in [-0.25, -0.2) is 0 Å². The smallest absolute Gasteiger partial charge is 0.271 e. The van der Waals surface area contributed by atoms with Crippen molar-refractivity contribution in [2.24, 2.45) is 11.8 Å². The summed E-state index contributed by atoms with van der Waals surface area (Å²) in [5.74, 6) is 2.09. The number of rotatable bonds is 5. The fourth-order valence-corrected chi connectivity index (χ4v) is 4.47. The first-order valence-electron chi connectivity index (χ1n) is 8.89. The number of hydrogen-bond donors (Lipinski definition) is 0. The van der Waals surface area contributed by atoms with Crippen molar-refractivity contribution in [3.8, 4) is 0 Å². The zero-order valence-electron chi connectivity index (χ0n) is 14.0. The Hall–Kier alpha value is -1.74. The first-order chi connectivity index (χ1) is 11.7. The van der Waals surface area contributed by atoms with Crippen LogP contribution >= 0.6 is 11.6 Å². The molecule has 24 heavy (non-hydrogen) atoms. The number of nitrogens with zero attached hydrogens (tertiary/aromatic N) is 2. The Morgan fingerprint density at radius 1 is 1.12 bits per heavy atom. The predicted molar refractivity (Wildman–Crippen MR) is 99.0 cm³/mol. The summed E-state index contributed by atoms with van der Waals surface area (Å²) in [5.41, 5.74) is 2.31. The first kappa shape index (κ1) is 15.8. The van der Waals surface area contributed by atoms with Gasteiger partial charge in [0.2, 0.25) is 0 Å². The standard InChI is InChI=1S/C20H23ClN2O/c1-2-3-10-22-11-9-17(19(21)20(22)24)23-12-15-16(13-23)18(15)14-7-5-4-6-8-14/h4-9,11,15-16,18H,2-3,10,12-13H2,1H3/t15-,16+,18?. The van der Waals surface area contributed by atoms with Crippen LogP contribution in [0.15, 0.2) is 47.4 Å². The number of benzene rings is 1. The molecule has 2 aromatic rings. The molecule has 126 valence electrons. The molecule has 1 aliphatic carbocycles. The van der Waals surface area contributed by atoms with Crippen LogP contribution in [0.5, 0.6) is 0 Å². The second-order valence-electron chi connectivity index (χ2n) is 7.04. The highest BCUT2D eigenvalue weighted by atomic mass is 35.5. The summed E-state index contributed by atoms with van der Waals surface area (Å²) in [7, 11) is 0. The number of anilines is 1. The van der Waals surface area contributed by atoms with Crippen LogP contribution in [0.1, 0.15) is 31.2 Å². The van der Waals surface area contributed by atoms with Crippen LogP contribution in [-0.2, 0) is 6.54 Å². The summed E-state index contributed by atoms with van der Waals surface area (Å²) in [5, 5.41) is 0.381. The molecule has 1 aliphatic heterocycles. The molecule has 1 unspecified atom stereocenters. The lowest BCUT2D eigenvalue weighted by molar-refractivity contribution is 0.612. The number of halogens is 1. The van der Waals surface area contributed by atoms with Crippen LogP contribution in [0.2, 0.25) is 5.02 Å². The van der Waals surface area contributed by atoms with Gasteiger partial charge in [-0.05, 0) is 35.8 Å². The largest absolute Gasteiger partial charge is 0.369 e. The lowest BCUT2D eigenvalue weighted by Gasteiger charge is -2.23. The van der Waals surface area contributed by atoms with E-state index in [2.05, 4.69) is 42.2 Å². The first-order valence-corrected chi connectivity index (χ1v) is 9.27. The molecular weight excluding hydrogens is 320 g/mol. The fraction of sp³-hybridized carbons (Fsp3) is 0.450. The number of aryl methyl sites for hydroxylation is 1. The molecule has 0 spiro atoms. The number of pyridine rings is 1. The van der Waals surface area contributed by atoms with E-state index in [1.165, 1.54) is 5.56 Å². The van der Waals surface area contributed by atoms with Gasteiger partial charge in [-0.1, -0.05) is 55.3 Å². The van der Waals surface area contributed by atoms with Gasteiger partial charge >= 0.3 is 0 Å². The quantitative estimate of drug-likeness (QED) is 0.815. The van der Waals surface area contributed by atoms with E-state index in [9.17, 15) is 4.79 Å². The van der Waals surface area contributed by atoms with Gasteiger partial charge < -0.3 is 9.47 Å². The fourth-order valence-electron chi connectivity index (χ4n) is 4.18. The van der Waals surface area contributed by atoms with E-state index in [1.54, 1.807) is 4.57 Å². The lowest BCUT2D eigenvalue weighted by atomic mass is 10.1. The van der Waals surface area contributed by atoms with E-state index < -0.39 is 0 Å². The maximum atomic E-state index is 12.4. The number of unbranched alkanes of at least 4 members (excludes halogenated alkanes) is 1. The van der Waals surface area contributed by atoms with Crippen molar-refractivity contribution in [2.45, 2.75) is 32.2 Å². The third-order valence-electron chi connectivity index (χ3n) is 5.56. The van der Waals surface area contributed by atoms with Crippen LogP contribution in [0, 0.1) is 11.8 Å². The molecule has 3 nitrogen and oxygen atoms in total. The van der Waals surface area contributed by atoms with Gasteiger partial charge in [0, 0.05) is 25.8 Å². The maximum Gasteiger partial charge on any atom is 0.271 e. The SMILES string of the molecule is CCCCn1ccc(N2C[C@@H]3C(c4ccccc4)[C@@H]3C2)c(Cl)c1=O. The highest BCUT2D eigenvalue weighted by Gasteiger charge is 2.56. The molecule has 0 amide bonds. The molecule has 3 atom stereocenters. The topological polar surface area (TPSA) is 25.2 Å². The van der Waals surface area contributed by atoms with E-state index in [-0.39, 0.29) is 5.56 Å². The molecule has 1 aromatic carbocycles. The monoisotopic (exact) mass is 342 g/mol. The highest BCUT2D eigenvalue weighted by Crippen LogP contribution is 2.58. The van der Waals surface area contributed by atoms with Crippen molar-refractivity contribution in [3.05, 3.63) is 63.5 Å². The third kappa shape index (κ3) is 2.65.